The van der Waals surface area contributed by atoms with Gasteiger partial charge in [-0.15, -0.1) is 0 Å². The summed E-state index contributed by atoms with van der Waals surface area (Å²) in [6, 6.07) is 7.84. The van der Waals surface area contributed by atoms with Crippen molar-refractivity contribution in [3.63, 3.8) is 0 Å². The zero-order valence-corrected chi connectivity index (χ0v) is 11.2. The number of ether oxygens (including phenoxy) is 2. The van der Waals surface area contributed by atoms with Crippen molar-refractivity contribution in [2.75, 3.05) is 6.79 Å². The van der Waals surface area contributed by atoms with Gasteiger partial charge in [-0.05, 0) is 23.8 Å². The molecule has 5 nitrogen and oxygen atoms in total. The number of rotatable bonds is 2. The van der Waals surface area contributed by atoms with Crippen LogP contribution in [0.5, 0.6) is 11.5 Å². The van der Waals surface area contributed by atoms with Gasteiger partial charge in [-0.3, -0.25) is 0 Å². The van der Waals surface area contributed by atoms with Crippen LogP contribution in [0, 0.1) is 0 Å². The fourth-order valence-electron chi connectivity index (χ4n) is 2.34. The van der Waals surface area contributed by atoms with Crippen molar-refractivity contribution in [2.24, 2.45) is 0 Å². The second-order valence-corrected chi connectivity index (χ2v) is 4.89. The first-order valence-electron chi connectivity index (χ1n) is 6.15. The van der Waals surface area contributed by atoms with Crippen molar-refractivity contribution in [3.8, 4) is 11.5 Å². The fourth-order valence-corrected chi connectivity index (χ4v) is 2.53. The maximum absolute atomic E-state index is 6.05. The summed E-state index contributed by atoms with van der Waals surface area (Å²) in [6.45, 7) is 0.974. The molecule has 1 aromatic carbocycles. The molecule has 0 radical (unpaired) electrons. The highest BCUT2D eigenvalue weighted by molar-refractivity contribution is 6.33. The summed E-state index contributed by atoms with van der Waals surface area (Å²) >= 11 is 6.05. The second-order valence-electron chi connectivity index (χ2n) is 4.53. The van der Waals surface area contributed by atoms with Crippen molar-refractivity contribution >= 4 is 22.6 Å². The first-order chi connectivity index (χ1) is 9.81. The highest BCUT2D eigenvalue weighted by Gasteiger charge is 2.14. The van der Waals surface area contributed by atoms with E-state index in [0.29, 0.717) is 11.7 Å². The van der Waals surface area contributed by atoms with E-state index < -0.39 is 0 Å². The van der Waals surface area contributed by atoms with Crippen LogP contribution < -0.4 is 9.47 Å². The Kier molecular flexibility index (Phi) is 2.53. The lowest BCUT2D eigenvalue weighted by Gasteiger charge is -2.06. The molecule has 4 rings (SSSR count). The maximum atomic E-state index is 6.05. The minimum absolute atomic E-state index is 0.286. The second kappa shape index (κ2) is 4.38. The third kappa shape index (κ3) is 1.78. The Hall–Kier alpha value is -2.27. The number of nitrogens with zero attached hydrogens (tertiary/aromatic N) is 3. The molecule has 6 heteroatoms. The number of aromatic nitrogens is 3. The third-order valence-corrected chi connectivity index (χ3v) is 3.60. The van der Waals surface area contributed by atoms with E-state index in [1.54, 1.807) is 0 Å². The first kappa shape index (κ1) is 11.5. The summed E-state index contributed by atoms with van der Waals surface area (Å²) in [6.07, 6.45) is 3.43. The predicted molar refractivity (Wildman–Crippen MR) is 74.2 cm³/mol. The van der Waals surface area contributed by atoms with Gasteiger partial charge in [0.25, 0.3) is 0 Å². The number of benzene rings is 1. The van der Waals surface area contributed by atoms with Crippen molar-refractivity contribution in [3.05, 3.63) is 47.5 Å². The zero-order valence-electron chi connectivity index (χ0n) is 10.4. The van der Waals surface area contributed by atoms with Gasteiger partial charge in [-0.2, -0.15) is 0 Å². The van der Waals surface area contributed by atoms with Crippen LogP contribution in [0.15, 0.2) is 36.8 Å². The fraction of sp³-hybridized carbons (Fsp3) is 0.143. The van der Waals surface area contributed by atoms with Gasteiger partial charge < -0.3 is 14.0 Å². The van der Waals surface area contributed by atoms with Crippen LogP contribution in [0.3, 0.4) is 0 Å². The Labute approximate surface area is 119 Å². The summed E-state index contributed by atoms with van der Waals surface area (Å²) in [7, 11) is 0. The van der Waals surface area contributed by atoms with Gasteiger partial charge in [0.2, 0.25) is 6.79 Å². The van der Waals surface area contributed by atoms with Crippen LogP contribution >= 0.6 is 11.6 Å². The van der Waals surface area contributed by atoms with E-state index in [1.165, 1.54) is 6.33 Å². The molecule has 0 N–H and O–H groups in total. The molecule has 3 heterocycles. The molecule has 2 aromatic heterocycles. The minimum atomic E-state index is 0.286. The molecular weight excluding hydrogens is 278 g/mol. The van der Waals surface area contributed by atoms with E-state index in [1.807, 2.05) is 35.0 Å². The summed E-state index contributed by atoms with van der Waals surface area (Å²) in [5, 5.41) is 1.33. The van der Waals surface area contributed by atoms with Crippen LogP contribution in [-0.2, 0) is 6.54 Å². The SMILES string of the molecule is Clc1ncnc2c1ccn2Cc1ccc2c(c1)OCO2. The number of hydrogen-bond acceptors (Lipinski definition) is 4. The summed E-state index contributed by atoms with van der Waals surface area (Å²) in [5.41, 5.74) is 1.93. The molecule has 0 saturated heterocycles. The third-order valence-electron chi connectivity index (χ3n) is 3.30. The molecule has 0 amide bonds. The topological polar surface area (TPSA) is 49.2 Å². The molecule has 1 aliphatic heterocycles. The predicted octanol–water partition coefficient (Wildman–Crippen LogP) is 2.86. The van der Waals surface area contributed by atoms with Gasteiger partial charge in [0.15, 0.2) is 11.5 Å². The van der Waals surface area contributed by atoms with E-state index in [0.717, 1.165) is 28.1 Å². The molecule has 0 saturated carbocycles. The van der Waals surface area contributed by atoms with Crippen LogP contribution in [0.1, 0.15) is 5.56 Å². The van der Waals surface area contributed by atoms with E-state index in [2.05, 4.69) is 9.97 Å². The molecule has 0 unspecified atom stereocenters. The Morgan fingerprint density at radius 2 is 2.05 bits per heavy atom. The molecule has 0 bridgehead atoms. The Bertz CT molecular complexity index is 800. The number of halogens is 1. The monoisotopic (exact) mass is 287 g/mol. The van der Waals surface area contributed by atoms with E-state index >= 15 is 0 Å². The summed E-state index contributed by atoms with van der Waals surface area (Å²) in [5.74, 6) is 1.57. The lowest BCUT2D eigenvalue weighted by molar-refractivity contribution is 0.174. The standard InChI is InChI=1S/C14H10ClN3O2/c15-13-10-3-4-18(14(10)17-7-16-13)6-9-1-2-11-12(5-9)20-8-19-11/h1-5,7H,6,8H2. The molecule has 0 atom stereocenters. The van der Waals surface area contributed by atoms with Crippen molar-refractivity contribution in [1.82, 2.24) is 14.5 Å². The highest BCUT2D eigenvalue weighted by atomic mass is 35.5. The van der Waals surface area contributed by atoms with Crippen LogP contribution in [0.4, 0.5) is 0 Å². The van der Waals surface area contributed by atoms with Gasteiger partial charge >= 0.3 is 0 Å². The molecule has 100 valence electrons. The molecule has 3 aromatic rings. The maximum Gasteiger partial charge on any atom is 0.231 e. The van der Waals surface area contributed by atoms with Crippen molar-refractivity contribution in [2.45, 2.75) is 6.54 Å². The van der Waals surface area contributed by atoms with Gasteiger partial charge in [0.05, 0.1) is 5.39 Å². The summed E-state index contributed by atoms with van der Waals surface area (Å²) < 4.78 is 12.7. The van der Waals surface area contributed by atoms with Crippen molar-refractivity contribution in [1.29, 1.82) is 0 Å². The zero-order chi connectivity index (χ0) is 13.5. The molecular formula is C14H10ClN3O2. The van der Waals surface area contributed by atoms with Crippen LogP contribution in [0.25, 0.3) is 11.0 Å². The lowest BCUT2D eigenvalue weighted by Crippen LogP contribution is -1.99. The molecule has 0 spiro atoms. The molecule has 0 fully saturated rings. The van der Waals surface area contributed by atoms with E-state index in [9.17, 15) is 0 Å². The van der Waals surface area contributed by atoms with E-state index in [4.69, 9.17) is 21.1 Å². The summed E-state index contributed by atoms with van der Waals surface area (Å²) in [4.78, 5) is 8.26. The average Bonchev–Trinajstić information content (AvgIpc) is 3.06. The normalized spacial score (nSPS) is 13.1. The quantitative estimate of drug-likeness (QED) is 0.680. The largest absolute Gasteiger partial charge is 0.454 e. The molecule has 1 aliphatic rings. The van der Waals surface area contributed by atoms with Crippen LogP contribution in [-0.4, -0.2) is 21.3 Å². The smallest absolute Gasteiger partial charge is 0.231 e. The van der Waals surface area contributed by atoms with Crippen LogP contribution in [0.2, 0.25) is 5.15 Å². The minimum Gasteiger partial charge on any atom is -0.454 e. The van der Waals surface area contributed by atoms with Gasteiger partial charge in [0.1, 0.15) is 17.1 Å². The Balaban J connectivity index is 1.72. The van der Waals surface area contributed by atoms with Gasteiger partial charge in [-0.25, -0.2) is 9.97 Å². The number of hydrogen-bond donors (Lipinski definition) is 0. The van der Waals surface area contributed by atoms with Gasteiger partial charge in [0, 0.05) is 12.7 Å². The average molecular weight is 288 g/mol. The van der Waals surface area contributed by atoms with Gasteiger partial charge in [-0.1, -0.05) is 17.7 Å². The molecule has 0 aliphatic carbocycles. The Morgan fingerprint density at radius 1 is 1.15 bits per heavy atom. The highest BCUT2D eigenvalue weighted by Crippen LogP contribution is 2.33. The first-order valence-corrected chi connectivity index (χ1v) is 6.53. The Morgan fingerprint density at radius 3 is 3.00 bits per heavy atom. The van der Waals surface area contributed by atoms with Crippen molar-refractivity contribution < 1.29 is 9.47 Å². The lowest BCUT2D eigenvalue weighted by atomic mass is 10.2. The molecule has 20 heavy (non-hydrogen) atoms. The van der Waals surface area contributed by atoms with E-state index in [-0.39, 0.29) is 6.79 Å². The number of fused-ring (bicyclic) bond motifs is 2.